The van der Waals surface area contributed by atoms with Crippen LogP contribution in [0, 0.1) is 0 Å². The third-order valence-corrected chi connectivity index (χ3v) is 4.71. The van der Waals surface area contributed by atoms with Crippen molar-refractivity contribution in [3.05, 3.63) is 58.9 Å². The number of halogens is 1. The van der Waals surface area contributed by atoms with Gasteiger partial charge in [-0.3, -0.25) is 14.3 Å². The molecular formula is C19H19ClN6O2. The van der Waals surface area contributed by atoms with E-state index in [0.717, 1.165) is 25.2 Å². The molecule has 3 N–H and O–H groups in total. The number of pyridine rings is 1. The molecule has 1 aliphatic rings. The molecule has 0 aliphatic carbocycles. The first-order valence-corrected chi connectivity index (χ1v) is 9.20. The van der Waals surface area contributed by atoms with Crippen LogP contribution in [0.4, 0.5) is 23.0 Å². The van der Waals surface area contributed by atoms with Crippen molar-refractivity contribution >= 4 is 40.5 Å². The van der Waals surface area contributed by atoms with Crippen molar-refractivity contribution in [1.82, 2.24) is 20.2 Å². The van der Waals surface area contributed by atoms with Gasteiger partial charge < -0.3 is 10.6 Å². The van der Waals surface area contributed by atoms with Gasteiger partial charge in [-0.2, -0.15) is 5.10 Å². The average molecular weight is 399 g/mol. The van der Waals surface area contributed by atoms with E-state index in [1.807, 2.05) is 16.8 Å². The van der Waals surface area contributed by atoms with Crippen molar-refractivity contribution in [2.75, 3.05) is 17.7 Å². The molecule has 0 spiro atoms. The number of amides is 1. The van der Waals surface area contributed by atoms with E-state index in [-0.39, 0.29) is 5.91 Å². The number of hydrogen-bond acceptors (Lipinski definition) is 6. The van der Waals surface area contributed by atoms with Gasteiger partial charge >= 0.3 is 0 Å². The standard InChI is InChI=1S/C19H19ClN6O2/c1-28-25-19(27)13-6-2-3-7-15(13)22-16-10-17(21-11-14(16)20)23-18-9-12-5-4-8-26(12)24-18/h2-3,6-7,9-11H,4-5,8H2,1H3,(H,25,27)(H2,21,22,23,24). The second kappa shape index (κ2) is 7.87. The molecule has 0 radical (unpaired) electrons. The molecule has 0 saturated heterocycles. The molecule has 0 saturated carbocycles. The first-order valence-electron chi connectivity index (χ1n) is 8.83. The van der Waals surface area contributed by atoms with Crippen LogP contribution in [0.5, 0.6) is 0 Å². The van der Waals surface area contributed by atoms with Gasteiger partial charge in [0.05, 0.1) is 35.3 Å². The Labute approximate surface area is 166 Å². The van der Waals surface area contributed by atoms with Crippen LogP contribution in [0.25, 0.3) is 0 Å². The second-order valence-corrected chi connectivity index (χ2v) is 6.74. The lowest BCUT2D eigenvalue weighted by Gasteiger charge is -2.13. The summed E-state index contributed by atoms with van der Waals surface area (Å²) in [7, 11) is 1.39. The highest BCUT2D eigenvalue weighted by Gasteiger charge is 2.15. The Bertz CT molecular complexity index is 998. The molecule has 1 aliphatic heterocycles. The van der Waals surface area contributed by atoms with E-state index in [1.165, 1.54) is 12.8 Å². The molecule has 1 aromatic carbocycles. The lowest BCUT2D eigenvalue weighted by Crippen LogP contribution is -2.22. The van der Waals surface area contributed by atoms with Gasteiger partial charge in [-0.05, 0) is 25.0 Å². The minimum absolute atomic E-state index is 0.360. The second-order valence-electron chi connectivity index (χ2n) is 6.33. The van der Waals surface area contributed by atoms with Crippen LogP contribution < -0.4 is 16.1 Å². The number of aromatic nitrogens is 3. The molecule has 0 unspecified atom stereocenters. The number of hydroxylamine groups is 1. The van der Waals surface area contributed by atoms with Gasteiger partial charge in [0.25, 0.3) is 5.91 Å². The molecule has 0 bridgehead atoms. The van der Waals surface area contributed by atoms with Crippen molar-refractivity contribution in [1.29, 1.82) is 0 Å². The summed E-state index contributed by atoms with van der Waals surface area (Å²) in [6.07, 6.45) is 3.72. The molecule has 0 atom stereocenters. The monoisotopic (exact) mass is 398 g/mol. The number of anilines is 4. The van der Waals surface area contributed by atoms with Gasteiger partial charge in [-0.25, -0.2) is 10.5 Å². The van der Waals surface area contributed by atoms with Crippen LogP contribution in [-0.2, 0) is 17.8 Å². The molecule has 144 valence electrons. The number of nitrogens with one attached hydrogen (secondary N) is 3. The molecule has 8 nitrogen and oxygen atoms in total. The maximum Gasteiger partial charge on any atom is 0.276 e. The summed E-state index contributed by atoms with van der Waals surface area (Å²) in [4.78, 5) is 21.2. The van der Waals surface area contributed by atoms with E-state index < -0.39 is 0 Å². The molecule has 0 fully saturated rings. The Hall–Kier alpha value is -3.10. The van der Waals surface area contributed by atoms with Gasteiger partial charge in [0.2, 0.25) is 0 Å². The van der Waals surface area contributed by atoms with Gasteiger partial charge in [0.1, 0.15) is 5.82 Å². The van der Waals surface area contributed by atoms with Gasteiger partial charge in [-0.15, -0.1) is 0 Å². The minimum atomic E-state index is -0.360. The largest absolute Gasteiger partial charge is 0.353 e. The van der Waals surface area contributed by atoms with Gasteiger partial charge in [-0.1, -0.05) is 23.7 Å². The topological polar surface area (TPSA) is 93.1 Å². The number of para-hydroxylation sites is 1. The highest BCUT2D eigenvalue weighted by Crippen LogP contribution is 2.30. The lowest BCUT2D eigenvalue weighted by molar-refractivity contribution is 0.0538. The van der Waals surface area contributed by atoms with Crippen molar-refractivity contribution in [2.45, 2.75) is 19.4 Å². The van der Waals surface area contributed by atoms with Crippen molar-refractivity contribution in [3.8, 4) is 0 Å². The fraction of sp³-hybridized carbons (Fsp3) is 0.211. The molecule has 1 amide bonds. The summed E-state index contributed by atoms with van der Waals surface area (Å²) < 4.78 is 2.00. The first-order chi connectivity index (χ1) is 13.6. The van der Waals surface area contributed by atoms with Crippen LogP contribution >= 0.6 is 11.6 Å². The zero-order chi connectivity index (χ0) is 19.5. The number of hydrogen-bond donors (Lipinski definition) is 3. The van der Waals surface area contributed by atoms with Crippen LogP contribution in [0.15, 0.2) is 42.6 Å². The highest BCUT2D eigenvalue weighted by atomic mass is 35.5. The van der Waals surface area contributed by atoms with E-state index in [0.29, 0.717) is 27.8 Å². The Morgan fingerprint density at radius 2 is 2.04 bits per heavy atom. The fourth-order valence-electron chi connectivity index (χ4n) is 3.14. The first kappa shape index (κ1) is 18.3. The number of carbonyl (C=O) groups excluding carboxylic acids is 1. The Kier molecular flexibility index (Phi) is 5.14. The Morgan fingerprint density at radius 3 is 2.86 bits per heavy atom. The van der Waals surface area contributed by atoms with E-state index in [4.69, 9.17) is 16.4 Å². The fourth-order valence-corrected chi connectivity index (χ4v) is 3.29. The van der Waals surface area contributed by atoms with Gasteiger partial charge in [0, 0.05) is 24.4 Å². The Morgan fingerprint density at radius 1 is 1.18 bits per heavy atom. The Balaban J connectivity index is 1.57. The zero-order valence-electron chi connectivity index (χ0n) is 15.2. The summed E-state index contributed by atoms with van der Waals surface area (Å²) in [5.74, 6) is 0.986. The van der Waals surface area contributed by atoms with Crippen LogP contribution in [0.1, 0.15) is 22.5 Å². The number of fused-ring (bicyclic) bond motifs is 1. The SMILES string of the molecule is CONC(=O)c1ccccc1Nc1cc(Nc2cc3n(n2)CCC3)ncc1Cl. The summed E-state index contributed by atoms with van der Waals surface area (Å²) in [5, 5.41) is 11.4. The molecule has 9 heteroatoms. The van der Waals surface area contributed by atoms with E-state index in [9.17, 15) is 4.79 Å². The quantitative estimate of drug-likeness (QED) is 0.549. The molecule has 2 aromatic heterocycles. The third kappa shape index (κ3) is 3.78. The van der Waals surface area contributed by atoms with Crippen LogP contribution in [0.3, 0.4) is 0 Å². The molecule has 3 aromatic rings. The summed E-state index contributed by atoms with van der Waals surface area (Å²) >= 11 is 6.31. The number of rotatable bonds is 6. The maximum atomic E-state index is 12.2. The summed E-state index contributed by atoms with van der Waals surface area (Å²) in [6, 6.07) is 10.9. The minimum Gasteiger partial charge on any atom is -0.353 e. The van der Waals surface area contributed by atoms with Crippen LogP contribution in [-0.4, -0.2) is 27.8 Å². The number of aryl methyl sites for hydroxylation is 2. The van der Waals surface area contributed by atoms with Crippen molar-refractivity contribution in [3.63, 3.8) is 0 Å². The molecule has 28 heavy (non-hydrogen) atoms. The number of carbonyl (C=O) groups is 1. The zero-order valence-corrected chi connectivity index (χ0v) is 16.0. The van der Waals surface area contributed by atoms with Gasteiger partial charge in [0.15, 0.2) is 5.82 Å². The van der Waals surface area contributed by atoms with Crippen molar-refractivity contribution in [2.24, 2.45) is 0 Å². The van der Waals surface area contributed by atoms with Crippen LogP contribution in [0.2, 0.25) is 5.02 Å². The highest BCUT2D eigenvalue weighted by molar-refractivity contribution is 6.33. The smallest absolute Gasteiger partial charge is 0.276 e. The van der Waals surface area contributed by atoms with E-state index in [2.05, 4.69) is 26.2 Å². The molecular weight excluding hydrogens is 380 g/mol. The number of nitrogens with zero attached hydrogens (tertiary/aromatic N) is 3. The van der Waals surface area contributed by atoms with E-state index >= 15 is 0 Å². The number of benzene rings is 1. The average Bonchev–Trinajstić information content (AvgIpc) is 3.27. The normalized spacial score (nSPS) is 12.5. The summed E-state index contributed by atoms with van der Waals surface area (Å²) in [6.45, 7) is 0.943. The van der Waals surface area contributed by atoms with Crippen molar-refractivity contribution < 1.29 is 9.63 Å². The summed E-state index contributed by atoms with van der Waals surface area (Å²) in [5.41, 5.74) is 5.17. The predicted molar refractivity (Wildman–Crippen MR) is 107 cm³/mol. The third-order valence-electron chi connectivity index (χ3n) is 4.41. The maximum absolute atomic E-state index is 12.2. The predicted octanol–water partition coefficient (Wildman–Crippen LogP) is 3.66. The molecule has 4 rings (SSSR count). The van der Waals surface area contributed by atoms with E-state index in [1.54, 1.807) is 30.5 Å². The molecule has 3 heterocycles. The lowest BCUT2D eigenvalue weighted by atomic mass is 10.1.